The van der Waals surface area contributed by atoms with Gasteiger partial charge in [0.25, 0.3) is 5.91 Å². The van der Waals surface area contributed by atoms with E-state index in [1.165, 1.54) is 10.2 Å². The van der Waals surface area contributed by atoms with Crippen molar-refractivity contribution in [1.82, 2.24) is 15.0 Å². The van der Waals surface area contributed by atoms with Crippen LogP contribution in [-0.4, -0.2) is 27.5 Å². The van der Waals surface area contributed by atoms with Crippen LogP contribution < -0.4 is 4.74 Å². The van der Waals surface area contributed by atoms with Crippen LogP contribution in [0.2, 0.25) is 0 Å². The first-order valence-electron chi connectivity index (χ1n) is 8.54. The molecule has 0 bridgehead atoms. The van der Waals surface area contributed by atoms with Gasteiger partial charge in [-0.25, -0.2) is 0 Å². The monoisotopic (exact) mass is 421 g/mol. The van der Waals surface area contributed by atoms with E-state index >= 15 is 0 Å². The highest BCUT2D eigenvalue weighted by Crippen LogP contribution is 2.27. The van der Waals surface area contributed by atoms with E-state index in [1.54, 1.807) is 18.2 Å². The topological polar surface area (TPSA) is 57.0 Å². The Balaban J connectivity index is 1.48. The summed E-state index contributed by atoms with van der Waals surface area (Å²) in [6.07, 6.45) is 0.818. The van der Waals surface area contributed by atoms with Crippen molar-refractivity contribution in [2.24, 2.45) is 0 Å². The largest absolute Gasteiger partial charge is 0.492 e. The Bertz CT molecular complexity index is 1090. The van der Waals surface area contributed by atoms with Crippen molar-refractivity contribution in [3.8, 4) is 5.75 Å². The second kappa shape index (κ2) is 7.72. The molecule has 3 aromatic carbocycles. The summed E-state index contributed by atoms with van der Waals surface area (Å²) in [5, 5.41) is 8.01. The van der Waals surface area contributed by atoms with Gasteiger partial charge in [-0.2, -0.15) is 4.68 Å². The molecule has 1 heterocycles. The zero-order valence-corrected chi connectivity index (χ0v) is 16.0. The summed E-state index contributed by atoms with van der Waals surface area (Å²) in [5.41, 5.74) is 3.10. The number of fused-ring (bicyclic) bond motifs is 1. The molecule has 0 aliphatic heterocycles. The SMILES string of the molecule is O=C(c1ccc(OCCc2ccccc2)c(Br)c1)n1nnc2ccccc21. The van der Waals surface area contributed by atoms with Gasteiger partial charge < -0.3 is 4.74 Å². The number of carbonyl (C=O) groups is 1. The normalized spacial score (nSPS) is 10.9. The molecule has 5 nitrogen and oxygen atoms in total. The molecule has 0 saturated carbocycles. The van der Waals surface area contributed by atoms with E-state index in [2.05, 4.69) is 38.4 Å². The molecule has 0 radical (unpaired) electrons. The van der Waals surface area contributed by atoms with Gasteiger partial charge >= 0.3 is 0 Å². The van der Waals surface area contributed by atoms with Gasteiger partial charge in [-0.3, -0.25) is 4.79 Å². The fourth-order valence-corrected chi connectivity index (χ4v) is 3.31. The van der Waals surface area contributed by atoms with E-state index in [-0.39, 0.29) is 5.91 Å². The third-order valence-corrected chi connectivity index (χ3v) is 4.83. The molecule has 0 aliphatic rings. The lowest BCUT2D eigenvalue weighted by Gasteiger charge is -2.10. The molecule has 134 valence electrons. The summed E-state index contributed by atoms with van der Waals surface area (Å²) < 4.78 is 7.88. The first-order chi connectivity index (χ1) is 13.2. The Morgan fingerprint density at radius 1 is 1.00 bits per heavy atom. The molecule has 0 fully saturated rings. The van der Waals surface area contributed by atoms with Crippen molar-refractivity contribution in [2.75, 3.05) is 6.61 Å². The first kappa shape index (κ1) is 17.4. The highest BCUT2D eigenvalue weighted by Gasteiger charge is 2.15. The summed E-state index contributed by atoms with van der Waals surface area (Å²) in [6, 6.07) is 22.8. The van der Waals surface area contributed by atoms with Crippen molar-refractivity contribution in [3.05, 3.63) is 88.4 Å². The van der Waals surface area contributed by atoms with E-state index in [9.17, 15) is 4.79 Å². The van der Waals surface area contributed by atoms with Gasteiger partial charge in [0.1, 0.15) is 11.3 Å². The van der Waals surface area contributed by atoms with Gasteiger partial charge in [0.05, 0.1) is 16.6 Å². The number of rotatable bonds is 5. The maximum atomic E-state index is 12.8. The van der Waals surface area contributed by atoms with Gasteiger partial charge in [0.15, 0.2) is 0 Å². The predicted octanol–water partition coefficient (Wildman–Crippen LogP) is 4.50. The number of aromatic nitrogens is 3. The lowest BCUT2D eigenvalue weighted by Crippen LogP contribution is -2.14. The molecule has 4 aromatic rings. The predicted molar refractivity (Wildman–Crippen MR) is 107 cm³/mol. The van der Waals surface area contributed by atoms with Crippen LogP contribution in [0.4, 0.5) is 0 Å². The average Bonchev–Trinajstić information content (AvgIpc) is 3.13. The van der Waals surface area contributed by atoms with Crippen molar-refractivity contribution < 1.29 is 9.53 Å². The second-order valence-electron chi connectivity index (χ2n) is 6.02. The third kappa shape index (κ3) is 3.75. The van der Waals surface area contributed by atoms with Crippen LogP contribution in [0.5, 0.6) is 5.75 Å². The van der Waals surface area contributed by atoms with Crippen LogP contribution in [-0.2, 0) is 6.42 Å². The summed E-state index contributed by atoms with van der Waals surface area (Å²) in [6.45, 7) is 0.559. The fourth-order valence-electron chi connectivity index (χ4n) is 2.82. The maximum absolute atomic E-state index is 12.8. The molecule has 4 rings (SSSR count). The number of nitrogens with zero attached hydrogens (tertiary/aromatic N) is 3. The minimum atomic E-state index is -0.236. The van der Waals surface area contributed by atoms with Gasteiger partial charge in [-0.05, 0) is 51.8 Å². The molecular weight excluding hydrogens is 406 g/mol. The quantitative estimate of drug-likeness (QED) is 0.475. The Hall–Kier alpha value is -2.99. The Kier molecular flexibility index (Phi) is 4.98. The van der Waals surface area contributed by atoms with Gasteiger partial charge in [-0.1, -0.05) is 47.7 Å². The number of halogens is 1. The van der Waals surface area contributed by atoms with Crippen LogP contribution in [0.25, 0.3) is 11.0 Å². The maximum Gasteiger partial charge on any atom is 0.280 e. The number of hydrogen-bond acceptors (Lipinski definition) is 4. The number of ether oxygens (including phenoxy) is 1. The number of carbonyl (C=O) groups excluding carboxylic acids is 1. The number of para-hydroxylation sites is 1. The smallest absolute Gasteiger partial charge is 0.280 e. The Morgan fingerprint density at radius 3 is 2.59 bits per heavy atom. The van der Waals surface area contributed by atoms with E-state index in [0.717, 1.165) is 10.9 Å². The zero-order chi connectivity index (χ0) is 18.6. The first-order valence-corrected chi connectivity index (χ1v) is 9.33. The molecule has 0 N–H and O–H groups in total. The third-order valence-electron chi connectivity index (χ3n) is 4.21. The van der Waals surface area contributed by atoms with E-state index in [4.69, 9.17) is 4.74 Å². The molecule has 27 heavy (non-hydrogen) atoms. The lowest BCUT2D eigenvalue weighted by molar-refractivity contribution is 0.0948. The minimum Gasteiger partial charge on any atom is -0.492 e. The molecule has 0 aliphatic carbocycles. The molecule has 0 atom stereocenters. The van der Waals surface area contributed by atoms with Crippen LogP contribution in [0, 0.1) is 0 Å². The standard InChI is InChI=1S/C21H16BrN3O2/c22-17-14-16(21(26)25-19-9-5-4-8-18(19)23-24-25)10-11-20(17)27-13-12-15-6-2-1-3-7-15/h1-11,14H,12-13H2. The van der Waals surface area contributed by atoms with Crippen molar-refractivity contribution >= 4 is 32.9 Å². The number of benzene rings is 3. The molecule has 0 saturated heterocycles. The zero-order valence-electron chi connectivity index (χ0n) is 14.4. The summed E-state index contributed by atoms with van der Waals surface area (Å²) in [7, 11) is 0. The molecule has 0 spiro atoms. The minimum absolute atomic E-state index is 0.236. The molecule has 1 aromatic heterocycles. The average molecular weight is 422 g/mol. The number of hydrogen-bond donors (Lipinski definition) is 0. The van der Waals surface area contributed by atoms with Crippen molar-refractivity contribution in [1.29, 1.82) is 0 Å². The molecule has 0 amide bonds. The highest BCUT2D eigenvalue weighted by molar-refractivity contribution is 9.10. The van der Waals surface area contributed by atoms with Crippen LogP contribution in [0.3, 0.4) is 0 Å². The van der Waals surface area contributed by atoms with Crippen molar-refractivity contribution in [3.63, 3.8) is 0 Å². The van der Waals surface area contributed by atoms with Gasteiger partial charge in [0.2, 0.25) is 0 Å². The highest BCUT2D eigenvalue weighted by atomic mass is 79.9. The van der Waals surface area contributed by atoms with Crippen molar-refractivity contribution in [2.45, 2.75) is 6.42 Å². The summed E-state index contributed by atoms with van der Waals surface area (Å²) in [5.74, 6) is 0.464. The van der Waals surface area contributed by atoms with E-state index < -0.39 is 0 Å². The van der Waals surface area contributed by atoms with Gasteiger partial charge in [0, 0.05) is 12.0 Å². The van der Waals surface area contributed by atoms with Crippen LogP contribution in [0.1, 0.15) is 15.9 Å². The van der Waals surface area contributed by atoms with Gasteiger partial charge in [-0.15, -0.1) is 5.10 Å². The molecule has 6 heteroatoms. The Labute approximate surface area is 164 Å². The van der Waals surface area contributed by atoms with Crippen LogP contribution >= 0.6 is 15.9 Å². The van der Waals surface area contributed by atoms with E-state index in [1.807, 2.05) is 42.5 Å². The Morgan fingerprint density at radius 2 is 1.78 bits per heavy atom. The lowest BCUT2D eigenvalue weighted by atomic mass is 10.2. The molecule has 0 unspecified atom stereocenters. The molecular formula is C21H16BrN3O2. The fraction of sp³-hybridized carbons (Fsp3) is 0.0952. The second-order valence-corrected chi connectivity index (χ2v) is 6.88. The van der Waals surface area contributed by atoms with Crippen LogP contribution in [0.15, 0.2) is 77.3 Å². The summed E-state index contributed by atoms with van der Waals surface area (Å²) in [4.78, 5) is 12.8. The summed E-state index contributed by atoms with van der Waals surface area (Å²) >= 11 is 3.49. The van der Waals surface area contributed by atoms with E-state index in [0.29, 0.717) is 29.0 Å².